The third-order valence-corrected chi connectivity index (χ3v) is 11.3. The van der Waals surface area contributed by atoms with Crippen LogP contribution in [-0.4, -0.2) is 4.57 Å². The Morgan fingerprint density at radius 2 is 1.14 bits per heavy atom. The summed E-state index contributed by atoms with van der Waals surface area (Å²) < 4.78 is 11.4. The van der Waals surface area contributed by atoms with Crippen LogP contribution in [0.3, 0.4) is 0 Å². The van der Waals surface area contributed by atoms with Gasteiger partial charge in [-0.05, 0) is 83.6 Å². The summed E-state index contributed by atoms with van der Waals surface area (Å²) >= 11 is 1.86. The van der Waals surface area contributed by atoms with Gasteiger partial charge in [0.25, 0.3) is 0 Å². The van der Waals surface area contributed by atoms with E-state index in [9.17, 15) is 0 Å². The Labute approximate surface area is 291 Å². The number of fused-ring (bicyclic) bond motifs is 11. The lowest BCUT2D eigenvalue weighted by Crippen LogP contribution is -2.10. The Morgan fingerprint density at radius 3 is 2.06 bits per heavy atom. The van der Waals surface area contributed by atoms with Crippen LogP contribution < -0.4 is 4.90 Å². The fourth-order valence-corrected chi connectivity index (χ4v) is 9.11. The molecule has 0 amide bonds. The number of hydrogen-bond donors (Lipinski definition) is 0. The highest BCUT2D eigenvalue weighted by Gasteiger charge is 2.22. The number of nitrogens with zero attached hydrogens (tertiary/aromatic N) is 2. The summed E-state index contributed by atoms with van der Waals surface area (Å²) in [6, 6.07) is 61.3. The van der Waals surface area contributed by atoms with Gasteiger partial charge in [-0.3, -0.25) is 0 Å². The second kappa shape index (κ2) is 10.6. The summed E-state index contributed by atoms with van der Waals surface area (Å²) in [5.74, 6) is 0. The van der Waals surface area contributed by atoms with Gasteiger partial charge < -0.3 is 13.9 Å². The molecule has 234 valence electrons. The molecule has 11 rings (SSSR count). The Morgan fingerprint density at radius 1 is 0.440 bits per heavy atom. The van der Waals surface area contributed by atoms with E-state index in [1.165, 1.54) is 47.2 Å². The Kier molecular flexibility index (Phi) is 5.83. The molecule has 0 N–H and O–H groups in total. The van der Waals surface area contributed by atoms with Crippen LogP contribution in [0.4, 0.5) is 17.1 Å². The van der Waals surface area contributed by atoms with Crippen molar-refractivity contribution < 1.29 is 4.42 Å². The van der Waals surface area contributed by atoms with Gasteiger partial charge in [-0.2, -0.15) is 0 Å². The highest BCUT2D eigenvalue weighted by Crippen LogP contribution is 2.46. The number of anilines is 3. The lowest BCUT2D eigenvalue weighted by molar-refractivity contribution is 0.669. The van der Waals surface area contributed by atoms with Gasteiger partial charge in [0.2, 0.25) is 0 Å². The van der Waals surface area contributed by atoms with E-state index in [0.717, 1.165) is 50.2 Å². The number of hydrogen-bond acceptors (Lipinski definition) is 3. The van der Waals surface area contributed by atoms with E-state index in [0.29, 0.717) is 0 Å². The van der Waals surface area contributed by atoms with Crippen LogP contribution in [0.15, 0.2) is 174 Å². The third kappa shape index (κ3) is 3.97. The molecule has 0 bridgehead atoms. The van der Waals surface area contributed by atoms with Gasteiger partial charge in [0.1, 0.15) is 11.2 Å². The van der Waals surface area contributed by atoms with E-state index >= 15 is 0 Å². The first-order chi connectivity index (χ1) is 24.8. The van der Waals surface area contributed by atoms with E-state index < -0.39 is 0 Å². The average molecular weight is 657 g/mol. The smallest absolute Gasteiger partial charge is 0.137 e. The van der Waals surface area contributed by atoms with Crippen LogP contribution in [0.25, 0.3) is 80.4 Å². The molecule has 8 aromatic carbocycles. The zero-order valence-corrected chi connectivity index (χ0v) is 27.7. The molecule has 0 saturated carbocycles. The molecular weight excluding hydrogens is 629 g/mol. The molecule has 3 heterocycles. The van der Waals surface area contributed by atoms with Crippen molar-refractivity contribution in [2.45, 2.75) is 0 Å². The molecule has 0 radical (unpaired) electrons. The monoisotopic (exact) mass is 656 g/mol. The van der Waals surface area contributed by atoms with Gasteiger partial charge in [0.05, 0.1) is 22.1 Å². The zero-order chi connectivity index (χ0) is 32.8. The van der Waals surface area contributed by atoms with Crippen molar-refractivity contribution in [2.24, 2.45) is 0 Å². The molecule has 0 aliphatic rings. The Hall–Kier alpha value is -6.36. The van der Waals surface area contributed by atoms with Gasteiger partial charge >= 0.3 is 0 Å². The summed E-state index contributed by atoms with van der Waals surface area (Å²) in [4.78, 5) is 2.42. The lowest BCUT2D eigenvalue weighted by Gasteiger charge is -2.27. The number of benzene rings is 8. The van der Waals surface area contributed by atoms with Crippen LogP contribution in [-0.2, 0) is 0 Å². The third-order valence-electron chi connectivity index (χ3n) is 10.2. The highest BCUT2D eigenvalue weighted by atomic mass is 32.1. The summed E-state index contributed by atoms with van der Waals surface area (Å²) in [5, 5.41) is 9.79. The number of furan rings is 1. The molecule has 3 nitrogen and oxygen atoms in total. The predicted molar refractivity (Wildman–Crippen MR) is 213 cm³/mol. The van der Waals surface area contributed by atoms with E-state index in [1.807, 2.05) is 17.4 Å². The summed E-state index contributed by atoms with van der Waals surface area (Å²) in [5.41, 5.74) is 8.52. The van der Waals surface area contributed by atoms with Crippen molar-refractivity contribution in [2.75, 3.05) is 4.90 Å². The molecule has 0 unspecified atom stereocenters. The van der Waals surface area contributed by atoms with Gasteiger partial charge in [-0.1, -0.05) is 97.1 Å². The van der Waals surface area contributed by atoms with Crippen LogP contribution in [0.1, 0.15) is 0 Å². The van der Waals surface area contributed by atoms with E-state index in [2.05, 4.69) is 173 Å². The maximum Gasteiger partial charge on any atom is 0.137 e. The van der Waals surface area contributed by atoms with Crippen LogP contribution >= 0.6 is 11.3 Å². The summed E-state index contributed by atoms with van der Waals surface area (Å²) in [6.07, 6.45) is 0. The fourth-order valence-electron chi connectivity index (χ4n) is 7.99. The van der Waals surface area contributed by atoms with Crippen LogP contribution in [0, 0.1) is 0 Å². The topological polar surface area (TPSA) is 21.3 Å². The highest BCUT2D eigenvalue weighted by molar-refractivity contribution is 7.26. The standard InChI is InChI=1S/C46H28N2OS/c1-2-11-30(12-3-1)48-38-16-7-4-13-33(38)34-25-24-32(28-40(34)48)47(39-17-10-19-42-46(39)35-14-5-8-18-41(35)49-42)31-23-21-29-22-26-44-45(37(29)27-31)36-15-6-9-20-43(36)50-44/h1-28H. The molecule has 3 aromatic heterocycles. The first kappa shape index (κ1) is 27.6. The van der Waals surface area contributed by atoms with Gasteiger partial charge in [0, 0.05) is 53.4 Å². The van der Waals surface area contributed by atoms with Crippen LogP contribution in [0.2, 0.25) is 0 Å². The molecule has 4 heteroatoms. The Balaban J connectivity index is 1.24. The number of rotatable bonds is 4. The van der Waals surface area contributed by atoms with Crippen molar-refractivity contribution in [1.82, 2.24) is 4.57 Å². The molecule has 0 fully saturated rings. The molecule has 0 aliphatic carbocycles. The summed E-state index contributed by atoms with van der Waals surface area (Å²) in [7, 11) is 0. The molecule has 50 heavy (non-hydrogen) atoms. The minimum Gasteiger partial charge on any atom is -0.456 e. The van der Waals surface area contributed by atoms with Crippen molar-refractivity contribution in [3.63, 3.8) is 0 Å². The number of para-hydroxylation sites is 3. The first-order valence-electron chi connectivity index (χ1n) is 16.9. The number of aromatic nitrogens is 1. The van der Waals surface area contributed by atoms with Gasteiger partial charge in [-0.15, -0.1) is 11.3 Å². The minimum absolute atomic E-state index is 0.875. The average Bonchev–Trinajstić information content (AvgIpc) is 3.85. The van der Waals surface area contributed by atoms with E-state index in [-0.39, 0.29) is 0 Å². The van der Waals surface area contributed by atoms with Crippen molar-refractivity contribution in [1.29, 1.82) is 0 Å². The first-order valence-corrected chi connectivity index (χ1v) is 17.7. The second-order valence-corrected chi connectivity index (χ2v) is 14.0. The predicted octanol–water partition coefficient (Wildman–Crippen LogP) is 13.7. The van der Waals surface area contributed by atoms with E-state index in [1.54, 1.807) is 0 Å². The zero-order valence-electron chi connectivity index (χ0n) is 26.9. The molecule has 0 spiro atoms. The minimum atomic E-state index is 0.875. The van der Waals surface area contributed by atoms with Gasteiger partial charge in [-0.25, -0.2) is 0 Å². The lowest BCUT2D eigenvalue weighted by atomic mass is 10.0. The normalized spacial score (nSPS) is 12.0. The number of thiophene rings is 1. The van der Waals surface area contributed by atoms with Crippen molar-refractivity contribution >= 4 is 103 Å². The SMILES string of the molecule is c1ccc(-n2c3ccccc3c3ccc(N(c4ccc5ccc6sc7ccccc7c6c5c4)c4cccc5oc6ccccc6c45)cc32)cc1. The molecule has 0 atom stereocenters. The molecule has 0 aliphatic heterocycles. The maximum absolute atomic E-state index is 6.44. The Bertz CT molecular complexity index is 3110. The van der Waals surface area contributed by atoms with Crippen LogP contribution in [0.5, 0.6) is 0 Å². The summed E-state index contributed by atoms with van der Waals surface area (Å²) in [6.45, 7) is 0. The maximum atomic E-state index is 6.44. The molecular formula is C46H28N2OS. The molecule has 0 saturated heterocycles. The van der Waals surface area contributed by atoms with Crippen molar-refractivity contribution in [3.8, 4) is 5.69 Å². The molecule has 11 aromatic rings. The quantitative estimate of drug-likeness (QED) is 0.188. The van der Waals surface area contributed by atoms with Gasteiger partial charge in [0.15, 0.2) is 0 Å². The van der Waals surface area contributed by atoms with E-state index in [4.69, 9.17) is 4.42 Å². The van der Waals surface area contributed by atoms with Crippen molar-refractivity contribution in [3.05, 3.63) is 170 Å². The fraction of sp³-hybridized carbons (Fsp3) is 0. The largest absolute Gasteiger partial charge is 0.456 e. The second-order valence-electron chi connectivity index (χ2n) is 12.9.